The number of hydrogen-bond acceptors (Lipinski definition) is 6. The Bertz CT molecular complexity index is 782. The molecule has 0 aliphatic carbocycles. The predicted molar refractivity (Wildman–Crippen MR) is 103 cm³/mol. The summed E-state index contributed by atoms with van der Waals surface area (Å²) >= 11 is 0. The van der Waals surface area contributed by atoms with Crippen molar-refractivity contribution in [3.63, 3.8) is 0 Å². The van der Waals surface area contributed by atoms with Crippen LogP contribution in [0.5, 0.6) is 11.5 Å². The van der Waals surface area contributed by atoms with Crippen LogP contribution in [-0.4, -0.2) is 38.5 Å². The van der Waals surface area contributed by atoms with Gasteiger partial charge in [-0.1, -0.05) is 0 Å². The fraction of sp³-hybridized carbons (Fsp3) is 0.211. The van der Waals surface area contributed by atoms with E-state index in [2.05, 4.69) is 14.9 Å². The summed E-state index contributed by atoms with van der Waals surface area (Å²) in [7, 11) is 1.35. The molecule has 0 aromatic heterocycles. The van der Waals surface area contributed by atoms with Crippen molar-refractivity contribution in [2.75, 3.05) is 20.3 Å². The van der Waals surface area contributed by atoms with Gasteiger partial charge in [0.1, 0.15) is 11.5 Å². The topological polar surface area (TPSA) is 122 Å². The van der Waals surface area contributed by atoms with Crippen molar-refractivity contribution in [1.82, 2.24) is 0 Å². The molecule has 4 N–H and O–H groups in total. The first-order valence-corrected chi connectivity index (χ1v) is 8.24. The minimum Gasteiger partial charge on any atom is -0.493 e. The number of ether oxygens (including phenoxy) is 3. The molecule has 0 unspecified atom stereocenters. The number of carbonyl (C=O) groups is 1. The molecule has 2 aromatic carbocycles. The normalized spacial score (nSPS) is 10.4. The third-order valence-electron chi connectivity index (χ3n) is 3.36. The van der Waals surface area contributed by atoms with E-state index in [-0.39, 0.29) is 11.9 Å². The van der Waals surface area contributed by atoms with Gasteiger partial charge in [-0.3, -0.25) is 0 Å². The maximum absolute atomic E-state index is 11.4. The third kappa shape index (κ3) is 7.07. The number of methoxy groups -OCH3 is 1. The van der Waals surface area contributed by atoms with Crippen molar-refractivity contribution >= 4 is 18.1 Å². The molecule has 0 fully saturated rings. The molecule has 0 heterocycles. The Kier molecular flexibility index (Phi) is 7.65. The molecule has 0 saturated heterocycles. The molecular weight excluding hydrogens is 348 g/mol. The number of benzene rings is 2. The summed E-state index contributed by atoms with van der Waals surface area (Å²) in [5.41, 5.74) is 11.7. The number of hydrogen-bond donors (Lipinski definition) is 2. The fourth-order valence-electron chi connectivity index (χ4n) is 2.06. The van der Waals surface area contributed by atoms with Gasteiger partial charge in [-0.15, -0.1) is 5.10 Å². The highest BCUT2D eigenvalue weighted by molar-refractivity contribution is 5.89. The minimum absolute atomic E-state index is 0.0900. The molecule has 0 saturated carbocycles. The minimum atomic E-state index is -0.372. The van der Waals surface area contributed by atoms with Gasteiger partial charge in [-0.2, -0.15) is 5.10 Å². The van der Waals surface area contributed by atoms with Gasteiger partial charge >= 0.3 is 5.97 Å². The van der Waals surface area contributed by atoms with Crippen molar-refractivity contribution in [2.45, 2.75) is 6.42 Å². The van der Waals surface area contributed by atoms with E-state index in [1.807, 2.05) is 24.3 Å². The lowest BCUT2D eigenvalue weighted by Crippen LogP contribution is -2.21. The number of guanidine groups is 1. The highest BCUT2D eigenvalue weighted by Crippen LogP contribution is 2.14. The SMILES string of the molecule is COC(=O)c1ccc(OCCCOc2ccc(C=NN=C(N)N)cc2)cc1. The van der Waals surface area contributed by atoms with E-state index in [0.717, 1.165) is 11.3 Å². The van der Waals surface area contributed by atoms with Crippen molar-refractivity contribution in [2.24, 2.45) is 21.7 Å². The lowest BCUT2D eigenvalue weighted by molar-refractivity contribution is 0.0600. The van der Waals surface area contributed by atoms with Gasteiger partial charge < -0.3 is 25.7 Å². The molecule has 142 valence electrons. The molecule has 8 nitrogen and oxygen atoms in total. The molecule has 2 aromatic rings. The van der Waals surface area contributed by atoms with Crippen LogP contribution in [0.2, 0.25) is 0 Å². The lowest BCUT2D eigenvalue weighted by atomic mass is 10.2. The van der Waals surface area contributed by atoms with Crippen LogP contribution in [0.15, 0.2) is 58.7 Å². The predicted octanol–water partition coefficient (Wildman–Crippen LogP) is 1.93. The molecule has 0 bridgehead atoms. The van der Waals surface area contributed by atoms with Crippen LogP contribution in [0, 0.1) is 0 Å². The molecule has 0 amide bonds. The third-order valence-corrected chi connectivity index (χ3v) is 3.36. The first kappa shape index (κ1) is 19.8. The Morgan fingerprint density at radius 1 is 0.963 bits per heavy atom. The van der Waals surface area contributed by atoms with Gasteiger partial charge in [0.15, 0.2) is 0 Å². The van der Waals surface area contributed by atoms with Crippen molar-refractivity contribution in [3.05, 3.63) is 59.7 Å². The number of carbonyl (C=O) groups excluding carboxylic acids is 1. The lowest BCUT2D eigenvalue weighted by Gasteiger charge is -2.08. The standard InChI is InChI=1S/C19H22N4O4/c1-25-18(24)15-5-9-17(10-6-15)27-12-2-11-26-16-7-3-14(4-8-16)13-22-23-19(20)21/h3-10,13H,2,11-12H2,1H3,(H4,20,21,23). The van der Waals surface area contributed by atoms with Gasteiger partial charge in [0.2, 0.25) is 5.96 Å². The largest absolute Gasteiger partial charge is 0.493 e. The zero-order valence-electron chi connectivity index (χ0n) is 15.0. The number of esters is 1. The molecule has 0 aliphatic rings. The summed E-state index contributed by atoms with van der Waals surface area (Å²) < 4.78 is 15.9. The average Bonchev–Trinajstić information content (AvgIpc) is 2.68. The van der Waals surface area contributed by atoms with E-state index < -0.39 is 0 Å². The molecule has 0 radical (unpaired) electrons. The molecular formula is C19H22N4O4. The summed E-state index contributed by atoms with van der Waals surface area (Å²) in [5.74, 6) is 0.972. The highest BCUT2D eigenvalue weighted by Gasteiger charge is 2.04. The van der Waals surface area contributed by atoms with Gasteiger partial charge in [-0.25, -0.2) is 4.79 Å². The van der Waals surface area contributed by atoms with E-state index in [1.165, 1.54) is 7.11 Å². The van der Waals surface area contributed by atoms with Crippen LogP contribution in [0.25, 0.3) is 0 Å². The molecule has 0 atom stereocenters. The molecule has 8 heteroatoms. The first-order valence-electron chi connectivity index (χ1n) is 8.24. The summed E-state index contributed by atoms with van der Waals surface area (Å²) in [6, 6.07) is 14.2. The van der Waals surface area contributed by atoms with Crippen LogP contribution in [0.3, 0.4) is 0 Å². The van der Waals surface area contributed by atoms with Crippen LogP contribution in [0.1, 0.15) is 22.3 Å². The number of rotatable bonds is 9. The van der Waals surface area contributed by atoms with E-state index in [4.69, 9.17) is 20.9 Å². The van der Waals surface area contributed by atoms with E-state index in [9.17, 15) is 4.79 Å². The average molecular weight is 370 g/mol. The number of nitrogens with zero attached hydrogens (tertiary/aromatic N) is 2. The van der Waals surface area contributed by atoms with Crippen LogP contribution in [0.4, 0.5) is 0 Å². The molecule has 0 aliphatic heterocycles. The maximum atomic E-state index is 11.4. The highest BCUT2D eigenvalue weighted by atomic mass is 16.5. The quantitative estimate of drug-likeness (QED) is 0.229. The number of nitrogens with two attached hydrogens (primary N) is 2. The zero-order valence-corrected chi connectivity index (χ0v) is 15.0. The summed E-state index contributed by atoms with van der Waals surface area (Å²) in [4.78, 5) is 11.4. The summed E-state index contributed by atoms with van der Waals surface area (Å²) in [6.07, 6.45) is 2.26. The van der Waals surface area contributed by atoms with Crippen molar-refractivity contribution in [1.29, 1.82) is 0 Å². The summed E-state index contributed by atoms with van der Waals surface area (Å²) in [5, 5.41) is 7.26. The Morgan fingerprint density at radius 3 is 2.04 bits per heavy atom. The zero-order chi connectivity index (χ0) is 19.5. The van der Waals surface area contributed by atoms with E-state index in [0.29, 0.717) is 30.9 Å². The van der Waals surface area contributed by atoms with Crippen molar-refractivity contribution in [3.8, 4) is 11.5 Å². The Morgan fingerprint density at radius 2 is 1.52 bits per heavy atom. The second-order valence-corrected chi connectivity index (χ2v) is 5.40. The Balaban J connectivity index is 1.68. The maximum Gasteiger partial charge on any atom is 0.337 e. The van der Waals surface area contributed by atoms with Gasteiger partial charge in [0.05, 0.1) is 32.1 Å². The van der Waals surface area contributed by atoms with Gasteiger partial charge in [0, 0.05) is 6.42 Å². The van der Waals surface area contributed by atoms with Crippen LogP contribution in [-0.2, 0) is 4.74 Å². The molecule has 2 rings (SSSR count). The molecule has 27 heavy (non-hydrogen) atoms. The second kappa shape index (κ2) is 10.4. The van der Waals surface area contributed by atoms with E-state index in [1.54, 1.807) is 30.5 Å². The second-order valence-electron chi connectivity index (χ2n) is 5.40. The first-order chi connectivity index (χ1) is 13.1. The van der Waals surface area contributed by atoms with Gasteiger partial charge in [-0.05, 0) is 54.1 Å². The fourth-order valence-corrected chi connectivity index (χ4v) is 2.06. The summed E-state index contributed by atoms with van der Waals surface area (Å²) in [6.45, 7) is 1.02. The monoisotopic (exact) mass is 370 g/mol. The van der Waals surface area contributed by atoms with Gasteiger partial charge in [0.25, 0.3) is 0 Å². The Hall–Kier alpha value is -3.55. The van der Waals surface area contributed by atoms with Crippen LogP contribution < -0.4 is 20.9 Å². The van der Waals surface area contributed by atoms with E-state index >= 15 is 0 Å². The van der Waals surface area contributed by atoms with Crippen LogP contribution >= 0.6 is 0 Å². The Labute approximate surface area is 157 Å². The smallest absolute Gasteiger partial charge is 0.337 e. The van der Waals surface area contributed by atoms with Crippen molar-refractivity contribution < 1.29 is 19.0 Å². The molecule has 0 spiro atoms.